The zero-order valence-corrected chi connectivity index (χ0v) is 14.6. The second kappa shape index (κ2) is 8.31. The molecule has 6 heteroatoms. The van der Waals surface area contributed by atoms with Crippen LogP contribution in [0.3, 0.4) is 0 Å². The second-order valence-corrected chi connectivity index (χ2v) is 6.20. The summed E-state index contributed by atoms with van der Waals surface area (Å²) in [6.07, 6.45) is 3.63. The van der Waals surface area contributed by atoms with Crippen LogP contribution in [0, 0.1) is 0 Å². The highest BCUT2D eigenvalue weighted by atomic mass is 35.5. The first kappa shape index (κ1) is 19.5. The number of nitrogens with zero attached hydrogens (tertiary/aromatic N) is 1. The molecule has 1 unspecified atom stereocenters. The smallest absolute Gasteiger partial charge is 0.253 e. The summed E-state index contributed by atoms with van der Waals surface area (Å²) in [4.78, 5) is 26.3. The van der Waals surface area contributed by atoms with E-state index in [2.05, 4.69) is 5.32 Å². The summed E-state index contributed by atoms with van der Waals surface area (Å²) in [7, 11) is 0. The Labute approximate surface area is 144 Å². The number of hydrogen-bond donors (Lipinski definition) is 2. The maximum absolute atomic E-state index is 12.2. The zero-order valence-electron chi connectivity index (χ0n) is 13.8. The first-order chi connectivity index (χ1) is 10.4. The first-order valence-electron chi connectivity index (χ1n) is 7.94. The van der Waals surface area contributed by atoms with Gasteiger partial charge >= 0.3 is 0 Å². The summed E-state index contributed by atoms with van der Waals surface area (Å²) in [5, 5.41) is 2.81. The molecule has 0 saturated carbocycles. The van der Waals surface area contributed by atoms with Gasteiger partial charge in [-0.15, -0.1) is 12.4 Å². The summed E-state index contributed by atoms with van der Waals surface area (Å²) in [6.45, 7) is 5.40. The molecule has 0 aromatic heterocycles. The molecule has 1 aliphatic heterocycles. The Morgan fingerprint density at radius 1 is 1.22 bits per heavy atom. The molecule has 0 radical (unpaired) electrons. The van der Waals surface area contributed by atoms with Gasteiger partial charge in [-0.1, -0.05) is 13.3 Å². The maximum atomic E-state index is 12.2. The number of carbonyl (C=O) groups excluding carboxylic acids is 2. The van der Waals surface area contributed by atoms with Gasteiger partial charge in [-0.2, -0.15) is 0 Å². The van der Waals surface area contributed by atoms with Crippen LogP contribution < -0.4 is 11.1 Å². The van der Waals surface area contributed by atoms with Crippen LogP contribution in [0.1, 0.15) is 49.9 Å². The molecule has 23 heavy (non-hydrogen) atoms. The fourth-order valence-corrected chi connectivity index (χ4v) is 2.71. The number of rotatable bonds is 5. The lowest BCUT2D eigenvalue weighted by atomic mass is 9.96. The van der Waals surface area contributed by atoms with Gasteiger partial charge in [0.15, 0.2) is 0 Å². The highest BCUT2D eigenvalue weighted by Crippen LogP contribution is 2.17. The molecule has 3 N–H and O–H groups in total. The van der Waals surface area contributed by atoms with Gasteiger partial charge in [-0.05, 0) is 50.5 Å². The van der Waals surface area contributed by atoms with Crippen molar-refractivity contribution in [1.82, 2.24) is 4.90 Å². The number of nitrogens with two attached hydrogens (primary N) is 1. The van der Waals surface area contributed by atoms with Gasteiger partial charge in [0.25, 0.3) is 5.91 Å². The van der Waals surface area contributed by atoms with E-state index in [1.807, 2.05) is 11.8 Å². The van der Waals surface area contributed by atoms with Gasteiger partial charge < -0.3 is 16.0 Å². The predicted molar refractivity (Wildman–Crippen MR) is 95.0 cm³/mol. The summed E-state index contributed by atoms with van der Waals surface area (Å²) >= 11 is 0. The predicted octanol–water partition coefficient (Wildman–Crippen LogP) is 2.80. The summed E-state index contributed by atoms with van der Waals surface area (Å²) < 4.78 is 0. The lowest BCUT2D eigenvalue weighted by Gasteiger charge is -2.23. The van der Waals surface area contributed by atoms with Crippen LogP contribution in [0.25, 0.3) is 0 Å². The normalized spacial score (nSPS) is 16.4. The standard InChI is InChI=1S/C17H25N3O2.ClH/c1-3-10-17(2,18)16(22)19-14-8-6-13(7-9-14)15(21)20-11-4-5-12-20;/h6-9H,3-5,10-12,18H2,1-2H3,(H,19,22);1H. The van der Waals surface area contributed by atoms with Crippen LogP contribution in [-0.2, 0) is 4.79 Å². The third kappa shape index (κ3) is 4.94. The van der Waals surface area contributed by atoms with Crippen LogP contribution in [-0.4, -0.2) is 35.3 Å². The van der Waals surface area contributed by atoms with E-state index in [1.165, 1.54) is 0 Å². The number of halogens is 1. The molecule has 0 bridgehead atoms. The Hall–Kier alpha value is -1.59. The van der Waals surface area contributed by atoms with Crippen molar-refractivity contribution in [2.24, 2.45) is 5.73 Å². The molecule has 1 aromatic carbocycles. The molecule has 5 nitrogen and oxygen atoms in total. The second-order valence-electron chi connectivity index (χ2n) is 6.20. The molecule has 1 saturated heterocycles. The average molecular weight is 340 g/mol. The third-order valence-corrected chi connectivity index (χ3v) is 4.07. The van der Waals surface area contributed by atoms with Crippen molar-refractivity contribution in [3.8, 4) is 0 Å². The molecule has 0 aliphatic carbocycles. The number of amides is 2. The van der Waals surface area contributed by atoms with Gasteiger partial charge in [-0.3, -0.25) is 9.59 Å². The van der Waals surface area contributed by atoms with Gasteiger partial charge in [-0.25, -0.2) is 0 Å². The maximum Gasteiger partial charge on any atom is 0.253 e. The van der Waals surface area contributed by atoms with E-state index in [1.54, 1.807) is 31.2 Å². The molecule has 1 aromatic rings. The quantitative estimate of drug-likeness (QED) is 0.866. The number of nitrogens with one attached hydrogen (secondary N) is 1. The van der Waals surface area contributed by atoms with Crippen molar-refractivity contribution in [1.29, 1.82) is 0 Å². The van der Waals surface area contributed by atoms with Crippen LogP contribution in [0.2, 0.25) is 0 Å². The Morgan fingerprint density at radius 3 is 2.30 bits per heavy atom. The molecular weight excluding hydrogens is 314 g/mol. The molecule has 1 heterocycles. The largest absolute Gasteiger partial charge is 0.339 e. The van der Waals surface area contributed by atoms with Crippen molar-refractivity contribution in [2.75, 3.05) is 18.4 Å². The molecular formula is C17H26ClN3O2. The first-order valence-corrected chi connectivity index (χ1v) is 7.94. The number of carbonyl (C=O) groups is 2. The fourth-order valence-electron chi connectivity index (χ4n) is 2.71. The highest BCUT2D eigenvalue weighted by Gasteiger charge is 2.27. The van der Waals surface area contributed by atoms with Crippen molar-refractivity contribution < 1.29 is 9.59 Å². The van der Waals surface area contributed by atoms with Crippen molar-refractivity contribution >= 4 is 29.9 Å². The third-order valence-electron chi connectivity index (χ3n) is 4.07. The van der Waals surface area contributed by atoms with Crippen molar-refractivity contribution in [2.45, 2.75) is 45.1 Å². The molecule has 1 fully saturated rings. The molecule has 128 valence electrons. The van der Waals surface area contributed by atoms with Gasteiger partial charge in [0.05, 0.1) is 5.54 Å². The van der Waals surface area contributed by atoms with Gasteiger partial charge in [0.2, 0.25) is 5.91 Å². The zero-order chi connectivity index (χ0) is 16.2. The molecule has 0 spiro atoms. The Morgan fingerprint density at radius 2 is 1.78 bits per heavy atom. The topological polar surface area (TPSA) is 75.4 Å². The minimum atomic E-state index is -0.876. The van der Waals surface area contributed by atoms with E-state index >= 15 is 0 Å². The summed E-state index contributed by atoms with van der Waals surface area (Å²) in [5.41, 5.74) is 6.45. The van der Waals surface area contributed by atoms with E-state index in [4.69, 9.17) is 5.73 Å². The van der Waals surface area contributed by atoms with Gasteiger partial charge in [0.1, 0.15) is 0 Å². The Balaban J connectivity index is 0.00000264. The van der Waals surface area contributed by atoms with E-state index in [0.717, 1.165) is 32.4 Å². The van der Waals surface area contributed by atoms with E-state index in [-0.39, 0.29) is 24.2 Å². The van der Waals surface area contributed by atoms with Crippen LogP contribution in [0.15, 0.2) is 24.3 Å². The molecule has 1 aliphatic rings. The van der Waals surface area contributed by atoms with E-state index < -0.39 is 5.54 Å². The highest BCUT2D eigenvalue weighted by molar-refractivity contribution is 5.98. The van der Waals surface area contributed by atoms with Crippen LogP contribution >= 0.6 is 12.4 Å². The summed E-state index contributed by atoms with van der Waals surface area (Å²) in [5.74, 6) is -0.141. The Kier molecular flexibility index (Phi) is 7.03. The number of hydrogen-bond acceptors (Lipinski definition) is 3. The van der Waals surface area contributed by atoms with E-state index in [9.17, 15) is 9.59 Å². The molecule has 2 rings (SSSR count). The number of likely N-dealkylation sites (tertiary alicyclic amines) is 1. The van der Waals surface area contributed by atoms with Crippen LogP contribution in [0.4, 0.5) is 5.69 Å². The van der Waals surface area contributed by atoms with Gasteiger partial charge in [0, 0.05) is 24.3 Å². The van der Waals surface area contributed by atoms with Crippen molar-refractivity contribution in [3.63, 3.8) is 0 Å². The minimum absolute atomic E-state index is 0. The fraction of sp³-hybridized carbons (Fsp3) is 0.529. The monoisotopic (exact) mass is 339 g/mol. The number of anilines is 1. The van der Waals surface area contributed by atoms with Crippen LogP contribution in [0.5, 0.6) is 0 Å². The lowest BCUT2D eigenvalue weighted by molar-refractivity contribution is -0.120. The average Bonchev–Trinajstić information content (AvgIpc) is 3.01. The van der Waals surface area contributed by atoms with Crippen molar-refractivity contribution in [3.05, 3.63) is 29.8 Å². The molecule has 2 amide bonds. The Bertz CT molecular complexity index is 537. The number of benzene rings is 1. The minimum Gasteiger partial charge on any atom is -0.339 e. The SMILES string of the molecule is CCCC(C)(N)C(=O)Nc1ccc(C(=O)N2CCCC2)cc1.Cl. The summed E-state index contributed by atoms with van der Waals surface area (Å²) in [6, 6.07) is 7.01. The van der Waals surface area contributed by atoms with E-state index in [0.29, 0.717) is 17.7 Å². The molecule has 1 atom stereocenters. The lowest BCUT2D eigenvalue weighted by Crippen LogP contribution is -2.48.